The number of halogens is 3. The van der Waals surface area contributed by atoms with Gasteiger partial charge in [-0.15, -0.1) is 0 Å². The van der Waals surface area contributed by atoms with Crippen LogP contribution in [0, 0.1) is 0 Å². The summed E-state index contributed by atoms with van der Waals surface area (Å²) in [4.78, 5) is 28.8. The minimum absolute atomic E-state index is 0.0166. The number of alkyl halides is 1. The number of pyridine rings is 1. The van der Waals surface area contributed by atoms with E-state index in [1.807, 2.05) is 0 Å². The number of carbonyl (C=O) groups is 2. The van der Waals surface area contributed by atoms with Crippen molar-refractivity contribution in [1.82, 2.24) is 10.3 Å². The molecule has 5 nitrogen and oxygen atoms in total. The van der Waals surface area contributed by atoms with Gasteiger partial charge in [-0.25, -0.2) is 9.18 Å². The van der Waals surface area contributed by atoms with E-state index >= 15 is 4.39 Å². The molecule has 1 aromatic carbocycles. The van der Waals surface area contributed by atoms with Crippen molar-refractivity contribution in [2.24, 2.45) is 0 Å². The number of carbonyl (C=O) groups excluding carboxylic acids is 2. The van der Waals surface area contributed by atoms with Gasteiger partial charge in [0, 0.05) is 28.2 Å². The van der Waals surface area contributed by atoms with Crippen molar-refractivity contribution >= 4 is 35.1 Å². The number of hydrogen-bond acceptors (Lipinski definition) is 4. The largest absolute Gasteiger partial charge is 0.434 e. The lowest BCUT2D eigenvalue weighted by Crippen LogP contribution is -2.45. The Bertz CT molecular complexity index is 970. The van der Waals surface area contributed by atoms with Gasteiger partial charge in [0.05, 0.1) is 12.2 Å². The lowest BCUT2D eigenvalue weighted by atomic mass is 9.72. The molecule has 2 heterocycles. The van der Waals surface area contributed by atoms with Crippen LogP contribution >= 0.6 is 23.2 Å². The molecule has 8 heteroatoms. The van der Waals surface area contributed by atoms with Gasteiger partial charge in [0.1, 0.15) is 0 Å². The molecule has 1 spiro atoms. The minimum Gasteiger partial charge on any atom is -0.434 e. The van der Waals surface area contributed by atoms with E-state index in [-0.39, 0.29) is 31.4 Å². The zero-order chi connectivity index (χ0) is 19.9. The van der Waals surface area contributed by atoms with E-state index in [0.29, 0.717) is 22.2 Å². The summed E-state index contributed by atoms with van der Waals surface area (Å²) < 4.78 is 21.4. The van der Waals surface area contributed by atoms with Gasteiger partial charge in [0.15, 0.2) is 17.1 Å². The molecule has 2 atom stereocenters. The maximum Gasteiger partial charge on any atom is 0.408 e. The van der Waals surface area contributed by atoms with E-state index in [1.54, 1.807) is 30.3 Å². The SMILES string of the molecule is O=C1NC[C@@]2(CC[C@@](F)(C(=O)CCc3ccc(Cl)cc3Cl)c3cccnc32)O1. The van der Waals surface area contributed by atoms with E-state index in [9.17, 15) is 9.59 Å². The average Bonchev–Trinajstić information content (AvgIpc) is 3.06. The molecule has 0 saturated carbocycles. The summed E-state index contributed by atoms with van der Waals surface area (Å²) in [7, 11) is 0. The summed E-state index contributed by atoms with van der Waals surface area (Å²) >= 11 is 12.0. The second-order valence-electron chi connectivity index (χ2n) is 7.10. The van der Waals surface area contributed by atoms with Crippen molar-refractivity contribution in [3.05, 3.63) is 63.4 Å². The Hall–Kier alpha value is -2.18. The molecule has 2 aliphatic rings. The first-order valence-corrected chi connectivity index (χ1v) is 9.69. The Kier molecular flexibility index (Phi) is 4.79. The maximum absolute atomic E-state index is 16.0. The second-order valence-corrected chi connectivity index (χ2v) is 7.94. The third-order valence-electron chi connectivity index (χ3n) is 5.42. The molecule has 1 aromatic heterocycles. The van der Waals surface area contributed by atoms with E-state index < -0.39 is 23.1 Å². The normalized spacial score (nSPS) is 25.9. The third-order valence-corrected chi connectivity index (χ3v) is 6.01. The van der Waals surface area contributed by atoms with Crippen molar-refractivity contribution < 1.29 is 18.7 Å². The van der Waals surface area contributed by atoms with E-state index in [2.05, 4.69) is 10.3 Å². The molecule has 2 aromatic rings. The van der Waals surface area contributed by atoms with Gasteiger partial charge in [-0.1, -0.05) is 35.3 Å². The first-order valence-electron chi connectivity index (χ1n) is 8.93. The molecule has 0 unspecified atom stereocenters. The van der Waals surface area contributed by atoms with Crippen LogP contribution in [-0.4, -0.2) is 23.4 Å². The predicted molar refractivity (Wildman–Crippen MR) is 102 cm³/mol. The third kappa shape index (κ3) is 3.14. The quantitative estimate of drug-likeness (QED) is 0.787. The van der Waals surface area contributed by atoms with Crippen molar-refractivity contribution in [3.8, 4) is 0 Å². The first kappa shape index (κ1) is 19.2. The Balaban J connectivity index is 1.60. The standard InChI is InChI=1S/C20H17Cl2FN2O3/c21-13-5-3-12(15(22)10-13)4-6-16(26)20(23)8-7-19(11-25-18(27)28-19)17-14(20)2-1-9-24-17/h1-3,5,9-10H,4,6-8,11H2,(H,25,27)/t19-,20+/m1/s1. The smallest absolute Gasteiger partial charge is 0.408 e. The molecule has 146 valence electrons. The van der Waals surface area contributed by atoms with Gasteiger partial charge in [-0.3, -0.25) is 9.78 Å². The van der Waals surface area contributed by atoms with Crippen molar-refractivity contribution in [1.29, 1.82) is 0 Å². The predicted octanol–water partition coefficient (Wildman–Crippen LogP) is 4.48. The molecule has 1 amide bonds. The number of benzene rings is 1. The van der Waals surface area contributed by atoms with Gasteiger partial charge in [0.25, 0.3) is 0 Å². The molecule has 1 saturated heterocycles. The van der Waals surface area contributed by atoms with Crippen LogP contribution in [0.5, 0.6) is 0 Å². The maximum atomic E-state index is 16.0. The van der Waals surface area contributed by atoms with Gasteiger partial charge in [-0.2, -0.15) is 0 Å². The minimum atomic E-state index is -2.18. The molecule has 1 fully saturated rings. The number of ketones is 1. The first-order chi connectivity index (χ1) is 13.3. The number of rotatable bonds is 4. The number of alkyl carbamates (subject to hydrolysis) is 1. The molecule has 1 aliphatic heterocycles. The zero-order valence-electron chi connectivity index (χ0n) is 14.8. The number of amides is 1. The van der Waals surface area contributed by atoms with Crippen molar-refractivity contribution in [3.63, 3.8) is 0 Å². The molecule has 1 aliphatic carbocycles. The van der Waals surface area contributed by atoms with E-state index in [0.717, 1.165) is 5.56 Å². The van der Waals surface area contributed by atoms with Crippen LogP contribution in [0.4, 0.5) is 9.18 Å². The number of hydrogen-bond donors (Lipinski definition) is 1. The summed E-state index contributed by atoms with van der Waals surface area (Å²) in [5, 5.41) is 3.55. The van der Waals surface area contributed by atoms with Crippen LogP contribution in [-0.2, 0) is 27.2 Å². The summed E-state index contributed by atoms with van der Waals surface area (Å²) in [6, 6.07) is 8.14. The second kappa shape index (κ2) is 7.01. The van der Waals surface area contributed by atoms with E-state index in [4.69, 9.17) is 27.9 Å². The zero-order valence-corrected chi connectivity index (χ0v) is 16.3. The Morgan fingerprint density at radius 3 is 2.82 bits per heavy atom. The van der Waals surface area contributed by atoms with Gasteiger partial charge in [-0.05, 0) is 43.0 Å². The average molecular weight is 423 g/mol. The summed E-state index contributed by atoms with van der Waals surface area (Å²) in [5.74, 6) is -0.542. The van der Waals surface area contributed by atoms with E-state index in [1.165, 1.54) is 6.20 Å². The number of aromatic nitrogens is 1. The highest BCUT2D eigenvalue weighted by Gasteiger charge is 2.55. The van der Waals surface area contributed by atoms with Crippen LogP contribution in [0.15, 0.2) is 36.5 Å². The molecule has 0 radical (unpaired) electrons. The monoisotopic (exact) mass is 422 g/mol. The molecule has 0 bridgehead atoms. The molecule has 28 heavy (non-hydrogen) atoms. The molecular formula is C20H17Cl2FN2O3. The molecular weight excluding hydrogens is 406 g/mol. The van der Waals surface area contributed by atoms with Crippen molar-refractivity contribution in [2.75, 3.05) is 6.54 Å². The fraction of sp³-hybridized carbons (Fsp3) is 0.350. The Morgan fingerprint density at radius 1 is 1.29 bits per heavy atom. The highest BCUT2D eigenvalue weighted by atomic mass is 35.5. The van der Waals surface area contributed by atoms with Crippen LogP contribution in [0.3, 0.4) is 0 Å². The van der Waals surface area contributed by atoms with Gasteiger partial charge in [0.2, 0.25) is 0 Å². The lowest BCUT2D eigenvalue weighted by Gasteiger charge is -2.38. The fourth-order valence-electron chi connectivity index (χ4n) is 3.91. The topological polar surface area (TPSA) is 68.3 Å². The van der Waals surface area contributed by atoms with Crippen molar-refractivity contribution in [2.45, 2.75) is 37.0 Å². The number of aryl methyl sites for hydroxylation is 1. The summed E-state index contributed by atoms with van der Waals surface area (Å²) in [6.45, 7) is 0.209. The van der Waals surface area contributed by atoms with Crippen LogP contribution in [0.1, 0.15) is 36.1 Å². The fourth-order valence-corrected chi connectivity index (χ4v) is 4.41. The number of nitrogens with one attached hydrogen (secondary N) is 1. The summed E-state index contributed by atoms with van der Waals surface area (Å²) in [6.07, 6.45) is 1.34. The number of Topliss-reactive ketones (excluding diaryl/α,β-unsaturated/α-hetero) is 1. The Morgan fingerprint density at radius 2 is 2.11 bits per heavy atom. The van der Waals surface area contributed by atoms with Crippen LogP contribution < -0.4 is 5.32 Å². The number of nitrogens with zero attached hydrogens (tertiary/aromatic N) is 1. The Labute approximate surface area is 171 Å². The molecule has 1 N–H and O–H groups in total. The molecule has 4 rings (SSSR count). The van der Waals surface area contributed by atoms with Gasteiger partial charge < -0.3 is 10.1 Å². The summed E-state index contributed by atoms with van der Waals surface area (Å²) in [5.41, 5.74) is -1.99. The lowest BCUT2D eigenvalue weighted by molar-refractivity contribution is -0.134. The van der Waals surface area contributed by atoms with Crippen LogP contribution in [0.25, 0.3) is 0 Å². The van der Waals surface area contributed by atoms with Crippen LogP contribution in [0.2, 0.25) is 10.0 Å². The highest BCUT2D eigenvalue weighted by molar-refractivity contribution is 6.35. The highest BCUT2D eigenvalue weighted by Crippen LogP contribution is 2.48. The number of ether oxygens (including phenoxy) is 1. The number of fused-ring (bicyclic) bond motifs is 2. The van der Waals surface area contributed by atoms with Gasteiger partial charge >= 0.3 is 6.09 Å².